The summed E-state index contributed by atoms with van der Waals surface area (Å²) < 4.78 is 40.6. The number of nitrogens with zero attached hydrogens (tertiary/aromatic N) is 1. The maximum Gasteiger partial charge on any atom is 0.244 e. The molecular weight excluding hydrogens is 351 g/mol. The lowest BCUT2D eigenvalue weighted by Crippen LogP contribution is -2.36. The van der Waals surface area contributed by atoms with E-state index in [0.717, 1.165) is 22.2 Å². The van der Waals surface area contributed by atoms with Gasteiger partial charge in [-0.2, -0.15) is 4.31 Å². The van der Waals surface area contributed by atoms with Crippen LogP contribution in [0.25, 0.3) is 10.9 Å². The number of aromatic nitrogens is 1. The number of hydrogen-bond acceptors (Lipinski definition) is 2. The average molecular weight is 365 g/mol. The Kier molecular flexibility index (Phi) is 3.63. The highest BCUT2D eigenvalue weighted by Crippen LogP contribution is 2.32. The third kappa shape index (κ3) is 2.42. The molecule has 2 aromatic carbocycles. The molecule has 0 unspecified atom stereocenters. The summed E-state index contributed by atoms with van der Waals surface area (Å²) in [4.78, 5) is 3.31. The Balaban J connectivity index is 1.74. The Labute approximate surface area is 143 Å². The van der Waals surface area contributed by atoms with Gasteiger partial charge in [-0.15, -0.1) is 0 Å². The molecule has 0 radical (unpaired) electrons. The number of sulfonamides is 1. The minimum Gasteiger partial charge on any atom is -0.357 e. The first-order chi connectivity index (χ1) is 11.5. The highest BCUT2D eigenvalue weighted by atomic mass is 35.5. The summed E-state index contributed by atoms with van der Waals surface area (Å²) in [6, 6.07) is 11.0. The lowest BCUT2D eigenvalue weighted by molar-refractivity contribution is 0.388. The average Bonchev–Trinajstić information content (AvgIpc) is 2.92. The molecule has 3 aromatic rings. The maximum absolute atomic E-state index is 13.5. The van der Waals surface area contributed by atoms with E-state index in [1.165, 1.54) is 22.5 Å². The van der Waals surface area contributed by atoms with E-state index in [1.54, 1.807) is 24.3 Å². The summed E-state index contributed by atoms with van der Waals surface area (Å²) >= 11 is 6.05. The van der Waals surface area contributed by atoms with E-state index in [0.29, 0.717) is 13.0 Å². The minimum absolute atomic E-state index is 0.109. The van der Waals surface area contributed by atoms with Crippen molar-refractivity contribution in [2.24, 2.45) is 0 Å². The van der Waals surface area contributed by atoms with Gasteiger partial charge in [0.05, 0.1) is 11.6 Å². The zero-order valence-electron chi connectivity index (χ0n) is 12.6. The smallest absolute Gasteiger partial charge is 0.244 e. The summed E-state index contributed by atoms with van der Waals surface area (Å²) in [5.41, 5.74) is 2.60. The van der Waals surface area contributed by atoms with Gasteiger partial charge in [-0.05, 0) is 42.3 Å². The minimum atomic E-state index is -3.67. The van der Waals surface area contributed by atoms with Crippen molar-refractivity contribution < 1.29 is 12.8 Å². The van der Waals surface area contributed by atoms with Crippen LogP contribution in [0.1, 0.15) is 11.3 Å². The van der Waals surface area contributed by atoms with Crippen LogP contribution in [-0.4, -0.2) is 24.3 Å². The Hall–Kier alpha value is -1.89. The van der Waals surface area contributed by atoms with E-state index in [9.17, 15) is 12.8 Å². The molecule has 7 heteroatoms. The number of benzene rings is 2. The Morgan fingerprint density at radius 3 is 2.75 bits per heavy atom. The van der Waals surface area contributed by atoms with Crippen molar-refractivity contribution in [2.75, 3.05) is 6.54 Å². The van der Waals surface area contributed by atoms with Gasteiger partial charge in [-0.3, -0.25) is 0 Å². The van der Waals surface area contributed by atoms with Crippen molar-refractivity contribution in [1.82, 2.24) is 9.29 Å². The molecule has 1 aliphatic heterocycles. The van der Waals surface area contributed by atoms with Gasteiger partial charge < -0.3 is 4.98 Å². The largest absolute Gasteiger partial charge is 0.357 e. The molecule has 0 saturated heterocycles. The molecule has 4 nitrogen and oxygen atoms in total. The fourth-order valence-corrected chi connectivity index (χ4v) is 5.09. The van der Waals surface area contributed by atoms with E-state index in [2.05, 4.69) is 4.98 Å². The summed E-state index contributed by atoms with van der Waals surface area (Å²) in [7, 11) is -3.67. The molecule has 24 heavy (non-hydrogen) atoms. The Morgan fingerprint density at radius 2 is 1.96 bits per heavy atom. The van der Waals surface area contributed by atoms with Crippen molar-refractivity contribution in [3.05, 3.63) is 64.6 Å². The molecule has 1 N–H and O–H groups in total. The number of aromatic amines is 1. The highest BCUT2D eigenvalue weighted by Gasteiger charge is 2.31. The van der Waals surface area contributed by atoms with Crippen molar-refractivity contribution in [2.45, 2.75) is 17.9 Å². The molecule has 4 rings (SSSR count). The fraction of sp³-hybridized carbons (Fsp3) is 0.176. The number of nitrogens with one attached hydrogen (secondary N) is 1. The van der Waals surface area contributed by atoms with Gasteiger partial charge in [0.15, 0.2) is 0 Å². The van der Waals surface area contributed by atoms with E-state index < -0.39 is 10.0 Å². The molecule has 0 saturated carbocycles. The lowest BCUT2D eigenvalue weighted by atomic mass is 10.0. The van der Waals surface area contributed by atoms with Crippen LogP contribution >= 0.6 is 11.6 Å². The molecule has 1 aromatic heterocycles. The molecule has 0 bridgehead atoms. The second-order valence-corrected chi connectivity index (χ2v) is 8.10. The van der Waals surface area contributed by atoms with Gasteiger partial charge in [0.2, 0.25) is 10.0 Å². The topological polar surface area (TPSA) is 53.2 Å². The number of rotatable bonds is 2. The first-order valence-electron chi connectivity index (χ1n) is 7.50. The third-order valence-electron chi connectivity index (χ3n) is 4.36. The van der Waals surface area contributed by atoms with Crippen molar-refractivity contribution in [1.29, 1.82) is 0 Å². The molecule has 124 valence electrons. The highest BCUT2D eigenvalue weighted by molar-refractivity contribution is 7.89. The number of halogens is 2. The second-order valence-electron chi connectivity index (χ2n) is 5.79. The maximum atomic E-state index is 13.5. The lowest BCUT2D eigenvalue weighted by Gasteiger charge is -2.26. The SMILES string of the molecule is O=S(=O)(c1ccccc1Cl)N1CCc2c([nH]c3ccc(F)cc23)C1. The van der Waals surface area contributed by atoms with E-state index >= 15 is 0 Å². The predicted molar refractivity (Wildman–Crippen MR) is 91.0 cm³/mol. The Bertz CT molecular complexity index is 1050. The first-order valence-corrected chi connectivity index (χ1v) is 9.32. The summed E-state index contributed by atoms with van der Waals surface area (Å²) in [5.74, 6) is -0.296. The summed E-state index contributed by atoms with van der Waals surface area (Å²) in [6.07, 6.45) is 0.530. The van der Waals surface area contributed by atoms with Crippen molar-refractivity contribution >= 4 is 32.5 Å². The first kappa shape index (κ1) is 15.6. The molecular formula is C17H14ClFN2O2S. The molecule has 2 heterocycles. The van der Waals surface area contributed by atoms with Crippen molar-refractivity contribution in [3.8, 4) is 0 Å². The summed E-state index contributed by atoms with van der Waals surface area (Å²) in [6.45, 7) is 0.559. The standard InChI is InChI=1S/C17H14ClFN2O2S/c18-14-3-1-2-4-17(14)24(22,23)21-8-7-12-13-9-11(19)5-6-15(13)20-16(12)10-21/h1-6,9,20H,7-8,10H2. The Morgan fingerprint density at radius 1 is 1.17 bits per heavy atom. The zero-order valence-corrected chi connectivity index (χ0v) is 14.2. The molecule has 0 atom stereocenters. The molecule has 0 amide bonds. The van der Waals surface area contributed by atoms with Crippen LogP contribution in [0.15, 0.2) is 47.4 Å². The second kappa shape index (κ2) is 5.58. The van der Waals surface area contributed by atoms with Crippen LogP contribution in [0.4, 0.5) is 4.39 Å². The van der Waals surface area contributed by atoms with Crippen LogP contribution in [0, 0.1) is 5.82 Å². The third-order valence-corrected chi connectivity index (χ3v) is 6.70. The van der Waals surface area contributed by atoms with Gasteiger partial charge in [0, 0.05) is 23.1 Å². The van der Waals surface area contributed by atoms with Crippen LogP contribution in [0.2, 0.25) is 5.02 Å². The van der Waals surface area contributed by atoms with Crippen molar-refractivity contribution in [3.63, 3.8) is 0 Å². The van der Waals surface area contributed by atoms with E-state index in [-0.39, 0.29) is 22.3 Å². The van der Waals surface area contributed by atoms with Gasteiger partial charge in [-0.25, -0.2) is 12.8 Å². The van der Waals surface area contributed by atoms with Gasteiger partial charge in [0.25, 0.3) is 0 Å². The van der Waals surface area contributed by atoms with Crippen LogP contribution < -0.4 is 0 Å². The fourth-order valence-electron chi connectivity index (χ4n) is 3.19. The van der Waals surface area contributed by atoms with Gasteiger partial charge >= 0.3 is 0 Å². The molecule has 0 aliphatic carbocycles. The van der Waals surface area contributed by atoms with Crippen LogP contribution in [0.3, 0.4) is 0 Å². The number of hydrogen-bond donors (Lipinski definition) is 1. The monoisotopic (exact) mass is 364 g/mol. The molecule has 1 aliphatic rings. The van der Waals surface area contributed by atoms with Crippen LogP contribution in [-0.2, 0) is 23.0 Å². The summed E-state index contributed by atoms with van der Waals surface area (Å²) in [5, 5.41) is 1.03. The zero-order chi connectivity index (χ0) is 16.9. The molecule has 0 spiro atoms. The number of H-pyrrole nitrogens is 1. The van der Waals surface area contributed by atoms with E-state index in [4.69, 9.17) is 11.6 Å². The molecule has 0 fully saturated rings. The van der Waals surface area contributed by atoms with Gasteiger partial charge in [0.1, 0.15) is 10.7 Å². The van der Waals surface area contributed by atoms with Crippen LogP contribution in [0.5, 0.6) is 0 Å². The normalized spacial score (nSPS) is 15.6. The quantitative estimate of drug-likeness (QED) is 0.753. The van der Waals surface area contributed by atoms with Gasteiger partial charge in [-0.1, -0.05) is 23.7 Å². The predicted octanol–water partition coefficient (Wildman–Crippen LogP) is 3.71. The van der Waals surface area contributed by atoms with E-state index in [1.807, 2.05) is 0 Å². The number of fused-ring (bicyclic) bond motifs is 3.